The second kappa shape index (κ2) is 5.63. The first-order valence-electron chi connectivity index (χ1n) is 5.22. The highest BCUT2D eigenvalue weighted by atomic mass is 19.1. The fourth-order valence-electron chi connectivity index (χ4n) is 1.34. The molecular weight excluding hydrogens is 225 g/mol. The van der Waals surface area contributed by atoms with Crippen LogP contribution in [0.3, 0.4) is 0 Å². The van der Waals surface area contributed by atoms with Crippen molar-refractivity contribution in [3.05, 3.63) is 29.6 Å². The van der Waals surface area contributed by atoms with E-state index >= 15 is 0 Å². The highest BCUT2D eigenvalue weighted by molar-refractivity contribution is 5.80. The van der Waals surface area contributed by atoms with Crippen LogP contribution in [0.2, 0.25) is 0 Å². The Bertz CT molecular complexity index is 407. The largest absolute Gasteiger partial charge is 0.478 e. The number of likely N-dealkylation sites (N-methyl/N-ethyl adjacent to an activating group) is 1. The number of carbonyl (C=O) groups excluding carboxylic acids is 1. The van der Waals surface area contributed by atoms with Crippen LogP contribution in [0.4, 0.5) is 4.39 Å². The third-order valence-corrected chi connectivity index (χ3v) is 2.27. The number of ether oxygens (including phenoxy) is 1. The maximum Gasteiger partial charge on any atom is 0.262 e. The summed E-state index contributed by atoms with van der Waals surface area (Å²) in [5, 5.41) is 8.83. The summed E-state index contributed by atoms with van der Waals surface area (Å²) in [4.78, 5) is 12.9. The minimum Gasteiger partial charge on any atom is -0.478 e. The molecule has 0 bridgehead atoms. The standard InChI is InChI=1S/C12H16FNO3/c1-8(12(16)14(2)3)17-11-5-4-9(7-15)6-10(11)13/h4-6,8,15H,7H2,1-3H3. The van der Waals surface area contributed by atoms with Gasteiger partial charge in [-0.1, -0.05) is 6.07 Å². The number of halogens is 1. The molecule has 5 heteroatoms. The summed E-state index contributed by atoms with van der Waals surface area (Å²) in [7, 11) is 3.21. The lowest BCUT2D eigenvalue weighted by Crippen LogP contribution is -2.35. The zero-order chi connectivity index (χ0) is 13.0. The second-order valence-electron chi connectivity index (χ2n) is 3.92. The molecule has 1 N–H and O–H groups in total. The number of amides is 1. The minimum atomic E-state index is -0.750. The van der Waals surface area contributed by atoms with E-state index in [2.05, 4.69) is 0 Å². The minimum absolute atomic E-state index is 0.00454. The number of hydrogen-bond acceptors (Lipinski definition) is 3. The molecule has 0 fully saturated rings. The lowest BCUT2D eigenvalue weighted by atomic mass is 10.2. The van der Waals surface area contributed by atoms with Crippen LogP contribution in [-0.4, -0.2) is 36.1 Å². The van der Waals surface area contributed by atoms with E-state index in [0.29, 0.717) is 5.56 Å². The topological polar surface area (TPSA) is 49.8 Å². The fourth-order valence-corrected chi connectivity index (χ4v) is 1.34. The van der Waals surface area contributed by atoms with Gasteiger partial charge in [-0.2, -0.15) is 0 Å². The van der Waals surface area contributed by atoms with Gasteiger partial charge in [-0.3, -0.25) is 4.79 Å². The second-order valence-corrected chi connectivity index (χ2v) is 3.92. The van der Waals surface area contributed by atoms with Gasteiger partial charge in [0.15, 0.2) is 17.7 Å². The monoisotopic (exact) mass is 241 g/mol. The van der Waals surface area contributed by atoms with Gasteiger partial charge in [0.2, 0.25) is 0 Å². The zero-order valence-corrected chi connectivity index (χ0v) is 10.1. The number of aliphatic hydroxyl groups excluding tert-OH is 1. The molecular formula is C12H16FNO3. The van der Waals surface area contributed by atoms with Gasteiger partial charge in [-0.05, 0) is 24.6 Å². The smallest absolute Gasteiger partial charge is 0.262 e. The number of aliphatic hydroxyl groups is 1. The molecule has 4 nitrogen and oxygen atoms in total. The Morgan fingerprint density at radius 3 is 2.65 bits per heavy atom. The van der Waals surface area contributed by atoms with E-state index in [1.807, 2.05) is 0 Å². The molecule has 0 aromatic heterocycles. The predicted octanol–water partition coefficient (Wildman–Crippen LogP) is 1.17. The molecule has 1 aromatic rings. The third-order valence-electron chi connectivity index (χ3n) is 2.27. The Hall–Kier alpha value is -1.62. The van der Waals surface area contributed by atoms with Crippen LogP contribution in [0.25, 0.3) is 0 Å². The van der Waals surface area contributed by atoms with Crippen LogP contribution in [0.15, 0.2) is 18.2 Å². The van der Waals surface area contributed by atoms with Crippen LogP contribution in [-0.2, 0) is 11.4 Å². The molecule has 1 atom stereocenters. The van der Waals surface area contributed by atoms with Gasteiger partial charge in [0.05, 0.1) is 6.61 Å². The summed E-state index contributed by atoms with van der Waals surface area (Å²) < 4.78 is 18.7. The molecule has 17 heavy (non-hydrogen) atoms. The van der Waals surface area contributed by atoms with Crippen molar-refractivity contribution in [1.29, 1.82) is 0 Å². The average Bonchev–Trinajstić information content (AvgIpc) is 2.30. The van der Waals surface area contributed by atoms with Crippen molar-refractivity contribution in [2.45, 2.75) is 19.6 Å². The number of nitrogens with zero attached hydrogens (tertiary/aromatic N) is 1. The quantitative estimate of drug-likeness (QED) is 0.861. The maximum atomic E-state index is 13.5. The first kappa shape index (κ1) is 13.4. The summed E-state index contributed by atoms with van der Waals surface area (Å²) in [6, 6.07) is 4.13. The molecule has 0 saturated heterocycles. The Kier molecular flexibility index (Phi) is 4.45. The van der Waals surface area contributed by atoms with Gasteiger partial charge in [-0.15, -0.1) is 0 Å². The van der Waals surface area contributed by atoms with E-state index in [1.165, 1.54) is 17.0 Å². The molecule has 1 aromatic carbocycles. The van der Waals surface area contributed by atoms with Crippen molar-refractivity contribution in [1.82, 2.24) is 4.90 Å². The average molecular weight is 241 g/mol. The highest BCUT2D eigenvalue weighted by Gasteiger charge is 2.18. The fraction of sp³-hybridized carbons (Fsp3) is 0.417. The normalized spacial score (nSPS) is 12.1. The molecule has 0 spiro atoms. The summed E-state index contributed by atoms with van der Waals surface area (Å²) in [5.41, 5.74) is 0.460. The Balaban J connectivity index is 2.78. The van der Waals surface area contributed by atoms with E-state index in [0.717, 1.165) is 0 Å². The van der Waals surface area contributed by atoms with Crippen LogP contribution >= 0.6 is 0 Å². The summed E-state index contributed by atoms with van der Waals surface area (Å²) in [6.45, 7) is 1.32. The predicted molar refractivity (Wildman–Crippen MR) is 61.1 cm³/mol. The third kappa shape index (κ3) is 3.42. The highest BCUT2D eigenvalue weighted by Crippen LogP contribution is 2.20. The number of carbonyl (C=O) groups is 1. The molecule has 0 radical (unpaired) electrons. The van der Waals surface area contributed by atoms with E-state index in [1.54, 1.807) is 27.1 Å². The first-order chi connectivity index (χ1) is 7.95. The van der Waals surface area contributed by atoms with Crippen LogP contribution in [0.5, 0.6) is 5.75 Å². The van der Waals surface area contributed by atoms with Crippen LogP contribution < -0.4 is 4.74 Å². The Morgan fingerprint density at radius 2 is 2.18 bits per heavy atom. The van der Waals surface area contributed by atoms with E-state index in [-0.39, 0.29) is 18.3 Å². The van der Waals surface area contributed by atoms with Crippen molar-refractivity contribution in [3.63, 3.8) is 0 Å². The summed E-state index contributed by atoms with van der Waals surface area (Å²) in [5.74, 6) is -0.824. The van der Waals surface area contributed by atoms with Crippen LogP contribution in [0.1, 0.15) is 12.5 Å². The molecule has 94 valence electrons. The van der Waals surface area contributed by atoms with Crippen molar-refractivity contribution >= 4 is 5.91 Å². The molecule has 0 heterocycles. The molecule has 1 amide bonds. The van der Waals surface area contributed by atoms with Crippen molar-refractivity contribution in [2.75, 3.05) is 14.1 Å². The van der Waals surface area contributed by atoms with E-state index in [4.69, 9.17) is 9.84 Å². The van der Waals surface area contributed by atoms with Gasteiger partial charge in [0.25, 0.3) is 5.91 Å². The van der Waals surface area contributed by atoms with Crippen molar-refractivity contribution < 1.29 is 19.0 Å². The van der Waals surface area contributed by atoms with Gasteiger partial charge in [0, 0.05) is 14.1 Å². The Morgan fingerprint density at radius 1 is 1.53 bits per heavy atom. The van der Waals surface area contributed by atoms with E-state index in [9.17, 15) is 9.18 Å². The lowest BCUT2D eigenvalue weighted by molar-refractivity contribution is -0.135. The van der Waals surface area contributed by atoms with Gasteiger partial charge in [-0.25, -0.2) is 4.39 Å². The molecule has 0 aliphatic rings. The molecule has 1 unspecified atom stereocenters. The van der Waals surface area contributed by atoms with E-state index < -0.39 is 11.9 Å². The van der Waals surface area contributed by atoms with Gasteiger partial charge < -0.3 is 14.7 Å². The number of hydrogen-bond donors (Lipinski definition) is 1. The molecule has 1 rings (SSSR count). The molecule has 0 aliphatic carbocycles. The number of rotatable bonds is 4. The Labute approximate surface area is 99.6 Å². The van der Waals surface area contributed by atoms with Crippen molar-refractivity contribution in [3.8, 4) is 5.75 Å². The van der Waals surface area contributed by atoms with Crippen LogP contribution in [0, 0.1) is 5.82 Å². The van der Waals surface area contributed by atoms with Gasteiger partial charge in [0.1, 0.15) is 0 Å². The first-order valence-corrected chi connectivity index (χ1v) is 5.22. The number of benzene rings is 1. The van der Waals surface area contributed by atoms with Crippen molar-refractivity contribution in [2.24, 2.45) is 0 Å². The molecule has 0 saturated carbocycles. The zero-order valence-electron chi connectivity index (χ0n) is 10.1. The lowest BCUT2D eigenvalue weighted by Gasteiger charge is -2.18. The SMILES string of the molecule is CC(Oc1ccc(CO)cc1F)C(=O)N(C)C. The van der Waals surface area contributed by atoms with Gasteiger partial charge >= 0.3 is 0 Å². The summed E-state index contributed by atoms with van der Waals surface area (Å²) >= 11 is 0. The maximum absolute atomic E-state index is 13.5. The molecule has 0 aliphatic heterocycles. The summed E-state index contributed by atoms with van der Waals surface area (Å²) in [6.07, 6.45) is -0.750.